The summed E-state index contributed by atoms with van der Waals surface area (Å²) in [6, 6.07) is 0.0337. The van der Waals surface area contributed by atoms with Gasteiger partial charge in [-0.25, -0.2) is 8.42 Å². The SMILES string of the molecule is CCc1nn(CC)c(CNC2CCS(=O)(=O)C2)c1Cl. The van der Waals surface area contributed by atoms with Gasteiger partial charge >= 0.3 is 0 Å². The molecule has 1 unspecified atom stereocenters. The number of rotatable bonds is 5. The molecule has 1 aliphatic heterocycles. The van der Waals surface area contributed by atoms with Gasteiger partial charge in [-0.15, -0.1) is 0 Å². The fourth-order valence-electron chi connectivity index (χ4n) is 2.38. The monoisotopic (exact) mass is 305 g/mol. The first-order valence-electron chi connectivity index (χ1n) is 6.64. The van der Waals surface area contributed by atoms with Crippen molar-refractivity contribution in [1.82, 2.24) is 15.1 Å². The van der Waals surface area contributed by atoms with E-state index in [2.05, 4.69) is 10.4 Å². The average molecular weight is 306 g/mol. The molecule has 0 aliphatic carbocycles. The van der Waals surface area contributed by atoms with Crippen LogP contribution in [0.25, 0.3) is 0 Å². The van der Waals surface area contributed by atoms with E-state index in [1.807, 2.05) is 18.5 Å². The van der Waals surface area contributed by atoms with Gasteiger partial charge in [0.05, 0.1) is 27.9 Å². The molecule has 1 aromatic heterocycles. The standard InChI is InChI=1S/C12H20ClN3O2S/c1-3-10-12(13)11(16(4-2)15-10)7-14-9-5-6-19(17,18)8-9/h9,14H,3-8H2,1-2H3. The summed E-state index contributed by atoms with van der Waals surface area (Å²) in [6.45, 7) is 5.38. The summed E-state index contributed by atoms with van der Waals surface area (Å²) in [5.74, 6) is 0.511. The highest BCUT2D eigenvalue weighted by Gasteiger charge is 2.28. The molecule has 0 spiro atoms. The smallest absolute Gasteiger partial charge is 0.151 e. The van der Waals surface area contributed by atoms with Gasteiger partial charge < -0.3 is 5.32 Å². The molecule has 1 aliphatic rings. The molecule has 0 saturated carbocycles. The third kappa shape index (κ3) is 3.30. The highest BCUT2D eigenvalue weighted by atomic mass is 35.5. The summed E-state index contributed by atoms with van der Waals surface area (Å²) in [5.41, 5.74) is 1.85. The van der Waals surface area contributed by atoms with Gasteiger partial charge in [-0.1, -0.05) is 18.5 Å². The van der Waals surface area contributed by atoms with Crippen molar-refractivity contribution in [3.8, 4) is 0 Å². The first-order valence-corrected chi connectivity index (χ1v) is 8.84. The molecular weight excluding hydrogens is 286 g/mol. The molecule has 0 amide bonds. The van der Waals surface area contributed by atoms with Crippen molar-refractivity contribution in [2.45, 2.75) is 45.8 Å². The molecule has 5 nitrogen and oxygen atoms in total. The lowest BCUT2D eigenvalue weighted by Crippen LogP contribution is -2.30. The van der Waals surface area contributed by atoms with Crippen molar-refractivity contribution < 1.29 is 8.42 Å². The quantitative estimate of drug-likeness (QED) is 0.893. The molecule has 2 rings (SSSR count). The largest absolute Gasteiger partial charge is 0.307 e. The van der Waals surface area contributed by atoms with Gasteiger partial charge in [-0.3, -0.25) is 4.68 Å². The van der Waals surface area contributed by atoms with E-state index in [0.717, 1.165) is 24.4 Å². The Morgan fingerprint density at radius 1 is 1.47 bits per heavy atom. The van der Waals surface area contributed by atoms with Gasteiger partial charge in [0.15, 0.2) is 9.84 Å². The molecule has 0 radical (unpaired) electrons. The Hall–Kier alpha value is -0.590. The summed E-state index contributed by atoms with van der Waals surface area (Å²) in [7, 11) is -2.84. The van der Waals surface area contributed by atoms with Gasteiger partial charge in [0.2, 0.25) is 0 Å². The van der Waals surface area contributed by atoms with Crippen molar-refractivity contribution >= 4 is 21.4 Å². The second kappa shape index (κ2) is 5.81. The number of aromatic nitrogens is 2. The fourth-order valence-corrected chi connectivity index (χ4v) is 4.43. The molecular formula is C12H20ClN3O2S. The molecule has 0 aromatic carbocycles. The number of sulfone groups is 1. The minimum absolute atomic E-state index is 0.0337. The molecule has 1 fully saturated rings. The third-order valence-electron chi connectivity index (χ3n) is 3.48. The number of aryl methyl sites for hydroxylation is 2. The van der Waals surface area contributed by atoms with E-state index < -0.39 is 9.84 Å². The van der Waals surface area contributed by atoms with E-state index in [-0.39, 0.29) is 17.5 Å². The number of hydrogen-bond donors (Lipinski definition) is 1. The van der Waals surface area contributed by atoms with Gasteiger partial charge in [0.25, 0.3) is 0 Å². The van der Waals surface area contributed by atoms with E-state index in [1.54, 1.807) is 0 Å². The highest BCUT2D eigenvalue weighted by molar-refractivity contribution is 7.91. The zero-order chi connectivity index (χ0) is 14.0. The van der Waals surface area contributed by atoms with Crippen LogP contribution in [0.5, 0.6) is 0 Å². The predicted octanol–water partition coefficient (Wildman–Crippen LogP) is 1.40. The molecule has 1 aromatic rings. The van der Waals surface area contributed by atoms with E-state index in [1.165, 1.54) is 0 Å². The number of hydrogen-bond acceptors (Lipinski definition) is 4. The number of nitrogens with zero attached hydrogens (tertiary/aromatic N) is 2. The molecule has 108 valence electrons. The lowest BCUT2D eigenvalue weighted by atomic mass is 10.2. The van der Waals surface area contributed by atoms with Crippen LogP contribution in [-0.2, 0) is 29.3 Å². The van der Waals surface area contributed by atoms with Crippen LogP contribution in [-0.4, -0.2) is 35.7 Å². The number of halogens is 1. The van der Waals surface area contributed by atoms with Crippen LogP contribution < -0.4 is 5.32 Å². The first-order chi connectivity index (χ1) is 8.96. The van der Waals surface area contributed by atoms with Crippen LogP contribution in [0.1, 0.15) is 31.7 Å². The predicted molar refractivity (Wildman–Crippen MR) is 76.2 cm³/mol. The van der Waals surface area contributed by atoms with Gasteiger partial charge in [-0.2, -0.15) is 5.10 Å². The Morgan fingerprint density at radius 2 is 2.21 bits per heavy atom. The Bertz CT molecular complexity index is 554. The van der Waals surface area contributed by atoms with Crippen molar-refractivity contribution in [2.75, 3.05) is 11.5 Å². The fraction of sp³-hybridized carbons (Fsp3) is 0.750. The lowest BCUT2D eigenvalue weighted by molar-refractivity contribution is 0.520. The summed E-state index contributed by atoms with van der Waals surface area (Å²) in [4.78, 5) is 0. The molecule has 1 atom stereocenters. The van der Waals surface area contributed by atoms with Crippen molar-refractivity contribution in [3.63, 3.8) is 0 Å². The Kier molecular flexibility index (Phi) is 4.53. The van der Waals surface area contributed by atoms with Gasteiger partial charge in [0.1, 0.15) is 0 Å². The first kappa shape index (κ1) is 14.8. The molecule has 0 bridgehead atoms. The lowest BCUT2D eigenvalue weighted by Gasteiger charge is -2.11. The second-order valence-corrected chi connectivity index (χ2v) is 7.46. The van der Waals surface area contributed by atoms with Crippen molar-refractivity contribution in [2.24, 2.45) is 0 Å². The van der Waals surface area contributed by atoms with Crippen LogP contribution in [0.4, 0.5) is 0 Å². The molecule has 1 N–H and O–H groups in total. The van der Waals surface area contributed by atoms with Crippen LogP contribution in [0.3, 0.4) is 0 Å². The topological polar surface area (TPSA) is 64.0 Å². The maximum Gasteiger partial charge on any atom is 0.151 e. The van der Waals surface area contributed by atoms with Crippen LogP contribution in [0, 0.1) is 0 Å². The Morgan fingerprint density at radius 3 is 2.74 bits per heavy atom. The van der Waals surface area contributed by atoms with E-state index in [0.29, 0.717) is 18.0 Å². The Labute approximate surface area is 119 Å². The maximum atomic E-state index is 11.4. The summed E-state index contributed by atoms with van der Waals surface area (Å²) in [6.07, 6.45) is 1.48. The van der Waals surface area contributed by atoms with Gasteiger partial charge in [0, 0.05) is 19.1 Å². The highest BCUT2D eigenvalue weighted by Crippen LogP contribution is 2.22. The summed E-state index contributed by atoms with van der Waals surface area (Å²) < 4.78 is 24.7. The van der Waals surface area contributed by atoms with Crippen molar-refractivity contribution in [3.05, 3.63) is 16.4 Å². The van der Waals surface area contributed by atoms with Gasteiger partial charge in [-0.05, 0) is 19.8 Å². The number of nitrogens with one attached hydrogen (secondary N) is 1. The summed E-state index contributed by atoms with van der Waals surface area (Å²) >= 11 is 6.31. The second-order valence-electron chi connectivity index (χ2n) is 4.86. The molecule has 7 heteroatoms. The van der Waals surface area contributed by atoms with E-state index in [9.17, 15) is 8.42 Å². The van der Waals surface area contributed by atoms with E-state index in [4.69, 9.17) is 11.6 Å². The molecule has 2 heterocycles. The zero-order valence-electron chi connectivity index (χ0n) is 11.3. The van der Waals surface area contributed by atoms with Crippen LogP contribution >= 0.6 is 11.6 Å². The third-order valence-corrected chi connectivity index (χ3v) is 5.69. The minimum Gasteiger partial charge on any atom is -0.307 e. The van der Waals surface area contributed by atoms with E-state index >= 15 is 0 Å². The summed E-state index contributed by atoms with van der Waals surface area (Å²) in [5, 5.41) is 8.44. The zero-order valence-corrected chi connectivity index (χ0v) is 12.9. The Balaban J connectivity index is 2.05. The normalized spacial score (nSPS) is 21.9. The molecule has 1 saturated heterocycles. The molecule has 19 heavy (non-hydrogen) atoms. The maximum absolute atomic E-state index is 11.4. The van der Waals surface area contributed by atoms with Crippen LogP contribution in [0.2, 0.25) is 5.02 Å². The van der Waals surface area contributed by atoms with Crippen molar-refractivity contribution in [1.29, 1.82) is 0 Å². The minimum atomic E-state index is -2.84. The van der Waals surface area contributed by atoms with Crippen LogP contribution in [0.15, 0.2) is 0 Å². The average Bonchev–Trinajstić information content (AvgIpc) is 2.87.